The molecule has 0 spiro atoms. The van der Waals surface area contributed by atoms with Gasteiger partial charge in [-0.25, -0.2) is 9.59 Å². The van der Waals surface area contributed by atoms with Gasteiger partial charge in [-0.15, -0.1) is 0 Å². The van der Waals surface area contributed by atoms with Gasteiger partial charge >= 0.3 is 12.1 Å². The molecule has 1 N–H and O–H groups in total. The Hall–Kier alpha value is -3.03. The van der Waals surface area contributed by atoms with Crippen LogP contribution in [0.1, 0.15) is 57.2 Å². The van der Waals surface area contributed by atoms with Crippen LogP contribution in [0.25, 0.3) is 10.9 Å². The Kier molecular flexibility index (Phi) is 5.65. The molecule has 2 aromatic rings. The summed E-state index contributed by atoms with van der Waals surface area (Å²) in [5.41, 5.74) is 3.67. The van der Waals surface area contributed by atoms with Crippen molar-refractivity contribution in [2.75, 3.05) is 24.5 Å². The highest BCUT2D eigenvalue weighted by Crippen LogP contribution is 2.36. The molecule has 0 atom stereocenters. The maximum absolute atomic E-state index is 12.4. The van der Waals surface area contributed by atoms with Crippen LogP contribution in [0.15, 0.2) is 18.3 Å². The van der Waals surface area contributed by atoms with Crippen LogP contribution in [0, 0.1) is 13.8 Å². The zero-order chi connectivity index (χ0) is 23.2. The summed E-state index contributed by atoms with van der Waals surface area (Å²) in [5, 5.41) is 3.54. The number of aromatic nitrogens is 1. The van der Waals surface area contributed by atoms with Gasteiger partial charge in [-0.3, -0.25) is 15.0 Å². The molecule has 3 heterocycles. The zero-order valence-electron chi connectivity index (χ0n) is 19.5. The summed E-state index contributed by atoms with van der Waals surface area (Å²) < 4.78 is 7.83. The van der Waals surface area contributed by atoms with E-state index in [0.717, 1.165) is 40.6 Å². The fourth-order valence-electron chi connectivity index (χ4n) is 4.78. The number of hydrogen-bond acceptors (Lipinski definition) is 4. The topological polar surface area (TPSA) is 83.9 Å². The number of aryl methyl sites for hydroxylation is 2. The number of benzene rings is 1. The second-order valence-corrected chi connectivity index (χ2v) is 9.78. The summed E-state index contributed by atoms with van der Waals surface area (Å²) in [6.45, 7) is 11.5. The van der Waals surface area contributed by atoms with Gasteiger partial charge < -0.3 is 14.2 Å². The van der Waals surface area contributed by atoms with Crippen LogP contribution in [0.3, 0.4) is 0 Å². The number of piperidine rings is 1. The number of amides is 4. The molecule has 2 aliphatic heterocycles. The van der Waals surface area contributed by atoms with Gasteiger partial charge in [0.15, 0.2) is 0 Å². The second kappa shape index (κ2) is 8.15. The number of nitrogens with zero attached hydrogens (tertiary/aromatic N) is 3. The van der Waals surface area contributed by atoms with Crippen molar-refractivity contribution in [3.8, 4) is 0 Å². The lowest BCUT2D eigenvalue weighted by molar-refractivity contribution is -0.120. The molecule has 0 saturated carbocycles. The van der Waals surface area contributed by atoms with E-state index in [0.29, 0.717) is 32.1 Å². The first-order valence-electron chi connectivity index (χ1n) is 11.2. The maximum atomic E-state index is 12.4. The standard InChI is InChI=1S/C24H32N4O4/c1-15-14-28(17-8-11-26(12-9-17)23(31)32-24(3,4)5)19-7-6-18(16(2)21(15)19)27-13-10-20(29)25-22(27)30/h6-7,14,17H,8-13H2,1-5H3,(H,25,29,30). The van der Waals surface area contributed by atoms with Crippen LogP contribution in [0.2, 0.25) is 0 Å². The molecule has 32 heavy (non-hydrogen) atoms. The van der Waals surface area contributed by atoms with E-state index in [9.17, 15) is 14.4 Å². The van der Waals surface area contributed by atoms with E-state index in [1.165, 1.54) is 0 Å². The highest BCUT2D eigenvalue weighted by molar-refractivity contribution is 6.07. The van der Waals surface area contributed by atoms with Crippen molar-refractivity contribution in [2.45, 2.75) is 65.5 Å². The first-order chi connectivity index (χ1) is 15.0. The Balaban J connectivity index is 1.55. The molecule has 4 rings (SSSR count). The number of urea groups is 1. The lowest BCUT2D eigenvalue weighted by atomic mass is 10.0. The molecule has 2 aliphatic rings. The van der Waals surface area contributed by atoms with Crippen molar-refractivity contribution in [3.63, 3.8) is 0 Å². The molecular weight excluding hydrogens is 408 g/mol. The highest BCUT2D eigenvalue weighted by Gasteiger charge is 2.30. The predicted molar refractivity (Wildman–Crippen MR) is 123 cm³/mol. The lowest BCUT2D eigenvalue weighted by Crippen LogP contribution is -2.49. The first-order valence-corrected chi connectivity index (χ1v) is 11.2. The minimum Gasteiger partial charge on any atom is -0.444 e. The van der Waals surface area contributed by atoms with Gasteiger partial charge in [0.05, 0.1) is 0 Å². The van der Waals surface area contributed by atoms with Crippen molar-refractivity contribution in [2.24, 2.45) is 0 Å². The van der Waals surface area contributed by atoms with E-state index >= 15 is 0 Å². The molecule has 0 bridgehead atoms. The van der Waals surface area contributed by atoms with Crippen molar-refractivity contribution in [1.82, 2.24) is 14.8 Å². The average molecular weight is 441 g/mol. The van der Waals surface area contributed by atoms with E-state index in [4.69, 9.17) is 4.74 Å². The number of rotatable bonds is 2. The van der Waals surface area contributed by atoms with Crippen LogP contribution in [-0.4, -0.2) is 52.7 Å². The Labute approximate surface area is 188 Å². The summed E-state index contributed by atoms with van der Waals surface area (Å²) in [5.74, 6) is -0.231. The molecule has 1 aromatic heterocycles. The minimum atomic E-state index is -0.491. The van der Waals surface area contributed by atoms with E-state index in [2.05, 4.69) is 29.1 Å². The van der Waals surface area contributed by atoms with Gasteiger partial charge in [-0.05, 0) is 70.7 Å². The number of nitrogens with one attached hydrogen (secondary N) is 1. The monoisotopic (exact) mass is 440 g/mol. The number of hydrogen-bond donors (Lipinski definition) is 1. The predicted octanol–water partition coefficient (Wildman–Crippen LogP) is 4.28. The number of carbonyl (C=O) groups excluding carboxylic acids is 3. The molecule has 1 aromatic carbocycles. The average Bonchev–Trinajstić information content (AvgIpc) is 3.05. The lowest BCUT2D eigenvalue weighted by Gasteiger charge is -2.34. The number of ether oxygens (including phenoxy) is 1. The molecule has 0 aliphatic carbocycles. The van der Waals surface area contributed by atoms with Gasteiger partial charge in [0.1, 0.15) is 5.60 Å². The SMILES string of the molecule is Cc1cn(C2CCN(C(=O)OC(C)(C)C)CC2)c2ccc(N3CCC(=O)NC3=O)c(C)c12. The van der Waals surface area contributed by atoms with Crippen LogP contribution in [0.4, 0.5) is 15.3 Å². The number of fused-ring (bicyclic) bond motifs is 1. The van der Waals surface area contributed by atoms with Crippen molar-refractivity contribution in [3.05, 3.63) is 29.5 Å². The molecule has 0 radical (unpaired) electrons. The third-order valence-corrected chi connectivity index (χ3v) is 6.27. The molecule has 8 nitrogen and oxygen atoms in total. The largest absolute Gasteiger partial charge is 0.444 e. The Bertz CT molecular complexity index is 1070. The molecule has 8 heteroatoms. The van der Waals surface area contributed by atoms with Gasteiger partial charge in [0.2, 0.25) is 5.91 Å². The van der Waals surface area contributed by atoms with Gasteiger partial charge in [-0.2, -0.15) is 0 Å². The minimum absolute atomic E-state index is 0.231. The van der Waals surface area contributed by atoms with Crippen LogP contribution in [-0.2, 0) is 9.53 Å². The third-order valence-electron chi connectivity index (χ3n) is 6.27. The summed E-state index contributed by atoms with van der Waals surface area (Å²) in [6, 6.07) is 3.97. The van der Waals surface area contributed by atoms with Crippen molar-refractivity contribution in [1.29, 1.82) is 0 Å². The normalized spacial score (nSPS) is 18.3. The van der Waals surface area contributed by atoms with Crippen LogP contribution in [0.5, 0.6) is 0 Å². The van der Waals surface area contributed by atoms with E-state index < -0.39 is 5.60 Å². The smallest absolute Gasteiger partial charge is 0.410 e. The number of imide groups is 1. The summed E-state index contributed by atoms with van der Waals surface area (Å²) in [7, 11) is 0. The zero-order valence-corrected chi connectivity index (χ0v) is 19.5. The van der Waals surface area contributed by atoms with Crippen molar-refractivity contribution >= 4 is 34.6 Å². The molecule has 4 amide bonds. The Morgan fingerprint density at radius 2 is 1.78 bits per heavy atom. The summed E-state index contributed by atoms with van der Waals surface area (Å²) in [6.07, 6.45) is 3.96. The van der Waals surface area contributed by atoms with Gasteiger partial charge in [0.25, 0.3) is 0 Å². The Morgan fingerprint density at radius 1 is 1.09 bits per heavy atom. The number of likely N-dealkylation sites (tertiary alicyclic amines) is 1. The molecule has 2 saturated heterocycles. The maximum Gasteiger partial charge on any atom is 0.410 e. The number of anilines is 1. The van der Waals surface area contributed by atoms with E-state index in [1.807, 2.05) is 33.8 Å². The van der Waals surface area contributed by atoms with Gasteiger partial charge in [-0.1, -0.05) is 0 Å². The molecule has 172 valence electrons. The number of carbonyl (C=O) groups is 3. The first kappa shape index (κ1) is 22.2. The molecule has 0 unspecified atom stereocenters. The van der Waals surface area contributed by atoms with E-state index in [-0.39, 0.29) is 18.0 Å². The molecule has 2 fully saturated rings. The Morgan fingerprint density at radius 3 is 2.41 bits per heavy atom. The quantitative estimate of drug-likeness (QED) is 0.756. The third kappa shape index (κ3) is 4.18. The summed E-state index contributed by atoms with van der Waals surface area (Å²) >= 11 is 0. The fourth-order valence-corrected chi connectivity index (χ4v) is 4.78. The van der Waals surface area contributed by atoms with E-state index in [1.54, 1.807) is 9.80 Å². The van der Waals surface area contributed by atoms with Gasteiger partial charge in [0, 0.05) is 54.9 Å². The fraction of sp³-hybridized carbons (Fsp3) is 0.542. The van der Waals surface area contributed by atoms with Crippen LogP contribution < -0.4 is 10.2 Å². The van der Waals surface area contributed by atoms with Crippen molar-refractivity contribution < 1.29 is 19.1 Å². The summed E-state index contributed by atoms with van der Waals surface area (Å²) in [4.78, 5) is 39.7. The molecular formula is C24H32N4O4. The van der Waals surface area contributed by atoms with Crippen LogP contribution >= 0.6 is 0 Å². The highest BCUT2D eigenvalue weighted by atomic mass is 16.6. The second-order valence-electron chi connectivity index (χ2n) is 9.78.